The van der Waals surface area contributed by atoms with E-state index in [9.17, 15) is 0 Å². The third-order valence-electron chi connectivity index (χ3n) is 3.62. The molecule has 0 radical (unpaired) electrons. The highest BCUT2D eigenvalue weighted by Gasteiger charge is 2.31. The predicted octanol–water partition coefficient (Wildman–Crippen LogP) is 3.58. The van der Waals surface area contributed by atoms with Crippen molar-refractivity contribution in [2.24, 2.45) is 0 Å². The molecule has 1 N–H and O–H groups in total. The largest absolute Gasteiger partial charge is 0.345 e. The van der Waals surface area contributed by atoms with E-state index in [0.29, 0.717) is 0 Å². The van der Waals surface area contributed by atoms with Crippen LogP contribution in [0.3, 0.4) is 0 Å². The summed E-state index contributed by atoms with van der Waals surface area (Å²) >= 11 is 1.90. The smallest absolute Gasteiger partial charge is 0.186 e. The van der Waals surface area contributed by atoms with Gasteiger partial charge in [-0.2, -0.15) is 0 Å². The maximum Gasteiger partial charge on any atom is 0.186 e. The number of hydrogen-bond acceptors (Lipinski definition) is 4. The fourth-order valence-electron chi connectivity index (χ4n) is 2.29. The second-order valence-corrected chi connectivity index (χ2v) is 6.34. The average Bonchev–Trinajstić information content (AvgIpc) is 3.17. The van der Waals surface area contributed by atoms with E-state index in [1.807, 2.05) is 11.3 Å². The number of aryl methyl sites for hydroxylation is 1. The first-order chi connectivity index (χ1) is 9.30. The van der Waals surface area contributed by atoms with Gasteiger partial charge in [-0.1, -0.05) is 27.2 Å². The lowest BCUT2D eigenvalue weighted by atomic mass is 10.3. The van der Waals surface area contributed by atoms with Gasteiger partial charge >= 0.3 is 0 Å². The summed E-state index contributed by atoms with van der Waals surface area (Å²) in [4.78, 5) is 8.89. The van der Waals surface area contributed by atoms with Crippen LogP contribution >= 0.6 is 11.3 Å². The van der Waals surface area contributed by atoms with Crippen molar-refractivity contribution >= 4 is 16.5 Å². The van der Waals surface area contributed by atoms with Gasteiger partial charge in [-0.3, -0.25) is 0 Å². The quantitative estimate of drug-likeness (QED) is 0.750. The molecule has 3 nitrogen and oxygen atoms in total. The first kappa shape index (κ1) is 14.8. The molecule has 0 saturated heterocycles. The summed E-state index contributed by atoms with van der Waals surface area (Å²) in [6.07, 6.45) is 6.30. The molecule has 108 valence electrons. The third-order valence-corrected chi connectivity index (χ3v) is 4.76. The van der Waals surface area contributed by atoms with E-state index in [2.05, 4.69) is 31.0 Å². The zero-order valence-corrected chi connectivity index (χ0v) is 13.4. The van der Waals surface area contributed by atoms with Crippen LogP contribution in [0.1, 0.15) is 57.0 Å². The van der Waals surface area contributed by atoms with Crippen molar-refractivity contribution in [3.8, 4) is 0 Å². The number of thiazole rings is 1. The number of anilines is 1. The number of rotatable bonds is 9. The second-order valence-electron chi connectivity index (χ2n) is 5.28. The molecular formula is C15H27N3S. The van der Waals surface area contributed by atoms with Crippen molar-refractivity contribution in [2.45, 2.75) is 65.5 Å². The highest BCUT2D eigenvalue weighted by atomic mass is 32.1. The fourth-order valence-corrected chi connectivity index (χ4v) is 3.51. The van der Waals surface area contributed by atoms with E-state index in [4.69, 9.17) is 4.98 Å². The van der Waals surface area contributed by atoms with Crippen LogP contribution in [0.2, 0.25) is 0 Å². The first-order valence-corrected chi connectivity index (χ1v) is 8.57. The van der Waals surface area contributed by atoms with Gasteiger partial charge in [0, 0.05) is 24.0 Å². The van der Waals surface area contributed by atoms with Crippen LogP contribution in [0.4, 0.5) is 5.13 Å². The number of unbranched alkanes of at least 4 members (excludes halogenated alkanes) is 1. The van der Waals surface area contributed by atoms with Crippen LogP contribution in [0, 0.1) is 0 Å². The van der Waals surface area contributed by atoms with Crippen LogP contribution < -0.4 is 10.2 Å². The van der Waals surface area contributed by atoms with Gasteiger partial charge in [-0.05, 0) is 32.2 Å². The third kappa shape index (κ3) is 3.93. The highest BCUT2D eigenvalue weighted by Crippen LogP contribution is 2.35. The zero-order chi connectivity index (χ0) is 13.7. The summed E-state index contributed by atoms with van der Waals surface area (Å²) in [7, 11) is 0. The Bertz CT molecular complexity index is 385. The Labute approximate surface area is 121 Å². The molecule has 0 unspecified atom stereocenters. The lowest BCUT2D eigenvalue weighted by Crippen LogP contribution is -2.26. The molecule has 0 bridgehead atoms. The molecule has 2 rings (SSSR count). The lowest BCUT2D eigenvalue weighted by molar-refractivity contribution is 0.708. The van der Waals surface area contributed by atoms with Crippen LogP contribution in [0.5, 0.6) is 0 Å². The van der Waals surface area contributed by atoms with Gasteiger partial charge in [0.05, 0.1) is 5.69 Å². The minimum atomic E-state index is 0.773. The van der Waals surface area contributed by atoms with Gasteiger partial charge in [0.2, 0.25) is 0 Å². The molecule has 1 saturated carbocycles. The van der Waals surface area contributed by atoms with Gasteiger partial charge in [0.25, 0.3) is 0 Å². The number of aromatic nitrogens is 1. The molecule has 0 spiro atoms. The molecule has 0 amide bonds. The first-order valence-electron chi connectivity index (χ1n) is 7.76. The molecule has 0 aromatic carbocycles. The number of nitrogens with zero attached hydrogens (tertiary/aromatic N) is 2. The maximum atomic E-state index is 4.90. The lowest BCUT2D eigenvalue weighted by Gasteiger charge is -2.20. The normalized spacial score (nSPS) is 14.9. The minimum absolute atomic E-state index is 0.773. The summed E-state index contributed by atoms with van der Waals surface area (Å²) in [5.41, 5.74) is 1.29. The summed E-state index contributed by atoms with van der Waals surface area (Å²) in [5, 5.41) is 4.70. The van der Waals surface area contributed by atoms with Crippen molar-refractivity contribution in [1.29, 1.82) is 0 Å². The molecule has 19 heavy (non-hydrogen) atoms. The molecule has 1 aromatic rings. The van der Waals surface area contributed by atoms with E-state index in [-0.39, 0.29) is 0 Å². The Hall–Kier alpha value is -0.610. The Morgan fingerprint density at radius 1 is 1.32 bits per heavy atom. The standard InChI is InChI=1S/C15H27N3S/c1-4-7-10-18(12-8-9-12)15-17-13(5-2)14(19-15)11-16-6-3/h12,16H,4-11H2,1-3H3. The Kier molecular flexibility index (Phi) is 5.64. The summed E-state index contributed by atoms with van der Waals surface area (Å²) in [6.45, 7) is 9.81. The topological polar surface area (TPSA) is 28.2 Å². The number of nitrogens with one attached hydrogen (secondary N) is 1. The SMILES string of the molecule is CCCCN(c1nc(CC)c(CNCC)s1)C1CC1. The van der Waals surface area contributed by atoms with E-state index < -0.39 is 0 Å². The Morgan fingerprint density at radius 2 is 2.11 bits per heavy atom. The van der Waals surface area contributed by atoms with E-state index in [1.165, 1.54) is 47.9 Å². The average molecular weight is 281 g/mol. The van der Waals surface area contributed by atoms with Crippen molar-refractivity contribution in [3.05, 3.63) is 10.6 Å². The van der Waals surface area contributed by atoms with Crippen LogP contribution in [0.15, 0.2) is 0 Å². The molecule has 1 aliphatic carbocycles. The molecule has 0 atom stereocenters. The molecule has 1 aromatic heterocycles. The van der Waals surface area contributed by atoms with Crippen molar-refractivity contribution < 1.29 is 0 Å². The van der Waals surface area contributed by atoms with Gasteiger partial charge in [0.15, 0.2) is 5.13 Å². The van der Waals surface area contributed by atoms with Crippen molar-refractivity contribution in [3.63, 3.8) is 0 Å². The molecule has 1 heterocycles. The van der Waals surface area contributed by atoms with Crippen LogP contribution in [-0.2, 0) is 13.0 Å². The Morgan fingerprint density at radius 3 is 2.68 bits per heavy atom. The highest BCUT2D eigenvalue weighted by molar-refractivity contribution is 7.15. The molecule has 4 heteroatoms. The van der Waals surface area contributed by atoms with E-state index in [1.54, 1.807) is 0 Å². The van der Waals surface area contributed by atoms with E-state index in [0.717, 1.165) is 25.6 Å². The van der Waals surface area contributed by atoms with E-state index >= 15 is 0 Å². The molecule has 1 aliphatic rings. The maximum absolute atomic E-state index is 4.90. The predicted molar refractivity (Wildman–Crippen MR) is 84.1 cm³/mol. The summed E-state index contributed by atoms with van der Waals surface area (Å²) in [6, 6.07) is 0.773. The van der Waals surface area contributed by atoms with Crippen molar-refractivity contribution in [1.82, 2.24) is 10.3 Å². The molecular weight excluding hydrogens is 254 g/mol. The molecule has 1 fully saturated rings. The monoisotopic (exact) mass is 281 g/mol. The van der Waals surface area contributed by atoms with Gasteiger partial charge in [-0.25, -0.2) is 4.98 Å². The van der Waals surface area contributed by atoms with Crippen molar-refractivity contribution in [2.75, 3.05) is 18.0 Å². The van der Waals surface area contributed by atoms with Crippen LogP contribution in [0.25, 0.3) is 0 Å². The zero-order valence-electron chi connectivity index (χ0n) is 12.5. The van der Waals surface area contributed by atoms with Gasteiger partial charge in [-0.15, -0.1) is 11.3 Å². The Balaban J connectivity index is 2.10. The second kappa shape index (κ2) is 7.25. The van der Waals surface area contributed by atoms with Crippen LogP contribution in [-0.4, -0.2) is 24.1 Å². The summed E-state index contributed by atoms with van der Waals surface area (Å²) < 4.78 is 0. The fraction of sp³-hybridized carbons (Fsp3) is 0.800. The van der Waals surface area contributed by atoms with Gasteiger partial charge in [0.1, 0.15) is 0 Å². The summed E-state index contributed by atoms with van der Waals surface area (Å²) in [5.74, 6) is 0. The van der Waals surface area contributed by atoms with Gasteiger partial charge < -0.3 is 10.2 Å². The minimum Gasteiger partial charge on any atom is -0.345 e. The number of hydrogen-bond donors (Lipinski definition) is 1. The molecule has 0 aliphatic heterocycles.